The molecule has 1 heterocycles. The summed E-state index contributed by atoms with van der Waals surface area (Å²) in [4.78, 5) is 37.0. The molecular formula is C13H18N2O3. The quantitative estimate of drug-likeness (QED) is 0.767. The van der Waals surface area contributed by atoms with E-state index >= 15 is 0 Å². The highest BCUT2D eigenvalue weighted by molar-refractivity contribution is 6.18. The molecule has 2 aliphatic carbocycles. The maximum atomic E-state index is 12.3. The number of rotatable bonds is 3. The first-order valence-corrected chi connectivity index (χ1v) is 6.54. The summed E-state index contributed by atoms with van der Waals surface area (Å²) in [6.07, 6.45) is 4.63. The molecule has 0 spiro atoms. The molecule has 1 aliphatic heterocycles. The van der Waals surface area contributed by atoms with Gasteiger partial charge < -0.3 is 0 Å². The molecule has 18 heavy (non-hydrogen) atoms. The number of barbiturate groups is 1. The van der Waals surface area contributed by atoms with Crippen molar-refractivity contribution < 1.29 is 14.4 Å². The highest BCUT2D eigenvalue weighted by atomic mass is 16.2. The average Bonchev–Trinajstić information content (AvgIpc) is 3.12. The molecule has 2 saturated carbocycles. The first-order valence-electron chi connectivity index (χ1n) is 6.54. The molecule has 0 aromatic rings. The molecule has 5 heteroatoms. The van der Waals surface area contributed by atoms with Gasteiger partial charge in [0.05, 0.1) is 0 Å². The Balaban J connectivity index is 1.80. The van der Waals surface area contributed by atoms with Crippen LogP contribution in [-0.2, 0) is 9.59 Å². The number of imide groups is 2. The second-order valence-electron chi connectivity index (χ2n) is 6.41. The van der Waals surface area contributed by atoms with Gasteiger partial charge in [0.15, 0.2) is 0 Å². The van der Waals surface area contributed by atoms with Crippen LogP contribution in [0.3, 0.4) is 0 Å². The monoisotopic (exact) mass is 250 g/mol. The lowest BCUT2D eigenvalue weighted by molar-refractivity contribution is -0.149. The molecule has 98 valence electrons. The number of hydrogen-bond donors (Lipinski definition) is 1. The maximum Gasteiger partial charge on any atom is 0.330 e. The van der Waals surface area contributed by atoms with Gasteiger partial charge in [0.25, 0.3) is 0 Å². The molecule has 4 amide bonds. The molecule has 0 aromatic carbocycles. The van der Waals surface area contributed by atoms with E-state index in [9.17, 15) is 14.4 Å². The van der Waals surface area contributed by atoms with Gasteiger partial charge in [-0.25, -0.2) is 4.79 Å². The lowest BCUT2D eigenvalue weighted by Crippen LogP contribution is -2.62. The van der Waals surface area contributed by atoms with Crippen molar-refractivity contribution in [3.05, 3.63) is 0 Å². The van der Waals surface area contributed by atoms with Crippen molar-refractivity contribution in [1.29, 1.82) is 0 Å². The Bertz CT molecular complexity index is 447. The zero-order chi connectivity index (χ0) is 13.1. The second-order valence-corrected chi connectivity index (χ2v) is 6.41. The van der Waals surface area contributed by atoms with Crippen LogP contribution in [0, 0.1) is 16.7 Å². The van der Waals surface area contributed by atoms with Gasteiger partial charge >= 0.3 is 6.03 Å². The van der Waals surface area contributed by atoms with E-state index in [1.165, 1.54) is 17.7 Å². The molecule has 0 atom stereocenters. The Morgan fingerprint density at radius 1 is 1.22 bits per heavy atom. The van der Waals surface area contributed by atoms with Gasteiger partial charge in [0, 0.05) is 6.54 Å². The molecule has 3 aliphatic rings. The molecule has 3 rings (SSSR count). The molecule has 5 nitrogen and oxygen atoms in total. The van der Waals surface area contributed by atoms with E-state index in [0.717, 1.165) is 12.8 Å². The minimum absolute atomic E-state index is 0.170. The summed E-state index contributed by atoms with van der Waals surface area (Å²) in [7, 11) is 0. The van der Waals surface area contributed by atoms with E-state index in [-0.39, 0.29) is 11.3 Å². The van der Waals surface area contributed by atoms with Crippen molar-refractivity contribution in [2.24, 2.45) is 16.7 Å². The predicted octanol–water partition coefficient (Wildman–Crippen LogP) is 1.28. The highest BCUT2D eigenvalue weighted by Crippen LogP contribution is 2.61. The Hall–Kier alpha value is -1.39. The van der Waals surface area contributed by atoms with Crippen LogP contribution >= 0.6 is 0 Å². The number of carbonyl (C=O) groups excluding carboxylic acids is 3. The van der Waals surface area contributed by atoms with Crippen molar-refractivity contribution >= 4 is 17.8 Å². The third kappa shape index (κ3) is 1.56. The van der Waals surface area contributed by atoms with E-state index in [1.54, 1.807) is 13.8 Å². The Morgan fingerprint density at radius 3 is 2.33 bits per heavy atom. The summed E-state index contributed by atoms with van der Waals surface area (Å²) in [5.74, 6) is -0.174. The summed E-state index contributed by atoms with van der Waals surface area (Å²) in [5, 5.41) is 2.29. The molecule has 1 N–H and O–H groups in total. The third-order valence-corrected chi connectivity index (χ3v) is 4.62. The summed E-state index contributed by atoms with van der Waals surface area (Å²) < 4.78 is 0. The number of urea groups is 1. The summed E-state index contributed by atoms with van der Waals surface area (Å²) in [6, 6.07) is -0.545. The van der Waals surface area contributed by atoms with Crippen LogP contribution in [0.25, 0.3) is 0 Å². The number of amides is 4. The van der Waals surface area contributed by atoms with Crippen LogP contribution in [0.15, 0.2) is 0 Å². The summed E-state index contributed by atoms with van der Waals surface area (Å²) >= 11 is 0. The Kier molecular flexibility index (Phi) is 2.17. The zero-order valence-corrected chi connectivity index (χ0v) is 10.8. The minimum atomic E-state index is -1.13. The normalized spacial score (nSPS) is 29.2. The molecule has 0 bridgehead atoms. The first kappa shape index (κ1) is 11.7. The fourth-order valence-corrected chi connectivity index (χ4v) is 2.86. The fourth-order valence-electron chi connectivity index (χ4n) is 2.86. The highest BCUT2D eigenvalue weighted by Gasteiger charge is 2.57. The van der Waals surface area contributed by atoms with Gasteiger partial charge in [0.2, 0.25) is 11.8 Å². The zero-order valence-electron chi connectivity index (χ0n) is 10.8. The van der Waals surface area contributed by atoms with Gasteiger partial charge in [-0.1, -0.05) is 0 Å². The van der Waals surface area contributed by atoms with Gasteiger partial charge in [-0.2, -0.15) is 0 Å². The van der Waals surface area contributed by atoms with Crippen LogP contribution < -0.4 is 5.32 Å². The van der Waals surface area contributed by atoms with Crippen LogP contribution in [0.4, 0.5) is 4.79 Å². The Morgan fingerprint density at radius 2 is 1.83 bits per heavy atom. The largest absolute Gasteiger partial charge is 0.330 e. The van der Waals surface area contributed by atoms with Crippen molar-refractivity contribution in [3.8, 4) is 0 Å². The standard InChI is InChI=1S/C13H18N2O3/c1-12(2)9(16)14-11(18)15(10(12)17)7-13(5-6-13)8-3-4-8/h8H,3-7H2,1-2H3,(H,14,16,18). The number of carbonyl (C=O) groups is 3. The average molecular weight is 250 g/mol. The van der Waals surface area contributed by atoms with Gasteiger partial charge in [-0.3, -0.25) is 19.8 Å². The smallest absolute Gasteiger partial charge is 0.277 e. The van der Waals surface area contributed by atoms with Crippen LogP contribution in [0.2, 0.25) is 0 Å². The Labute approximate surface area is 106 Å². The molecular weight excluding hydrogens is 232 g/mol. The van der Waals surface area contributed by atoms with E-state index in [1.807, 2.05) is 0 Å². The van der Waals surface area contributed by atoms with Crippen molar-refractivity contribution in [1.82, 2.24) is 10.2 Å². The van der Waals surface area contributed by atoms with Crippen LogP contribution in [0.1, 0.15) is 39.5 Å². The fraction of sp³-hybridized carbons (Fsp3) is 0.769. The second kappa shape index (κ2) is 3.33. The summed E-state index contributed by atoms with van der Waals surface area (Å²) in [5.41, 5.74) is -0.961. The minimum Gasteiger partial charge on any atom is -0.277 e. The van der Waals surface area contributed by atoms with Crippen LogP contribution in [-0.4, -0.2) is 29.3 Å². The predicted molar refractivity (Wildman–Crippen MR) is 63.4 cm³/mol. The molecule has 3 fully saturated rings. The van der Waals surface area contributed by atoms with Crippen LogP contribution in [0.5, 0.6) is 0 Å². The molecule has 0 radical (unpaired) electrons. The molecule has 0 unspecified atom stereocenters. The van der Waals surface area contributed by atoms with Gasteiger partial charge in [-0.05, 0) is 50.9 Å². The van der Waals surface area contributed by atoms with E-state index in [2.05, 4.69) is 5.32 Å². The van der Waals surface area contributed by atoms with Gasteiger partial charge in [0.1, 0.15) is 5.41 Å². The number of hydrogen-bond acceptors (Lipinski definition) is 3. The number of nitrogens with one attached hydrogen (secondary N) is 1. The van der Waals surface area contributed by atoms with E-state index in [4.69, 9.17) is 0 Å². The summed E-state index contributed by atoms with van der Waals surface area (Å²) in [6.45, 7) is 3.63. The molecule has 1 saturated heterocycles. The molecule has 0 aromatic heterocycles. The lowest BCUT2D eigenvalue weighted by atomic mass is 9.87. The van der Waals surface area contributed by atoms with Gasteiger partial charge in [-0.15, -0.1) is 0 Å². The maximum absolute atomic E-state index is 12.3. The van der Waals surface area contributed by atoms with E-state index in [0.29, 0.717) is 12.5 Å². The number of nitrogens with zero attached hydrogens (tertiary/aromatic N) is 1. The SMILES string of the molecule is CC1(C)C(=O)NC(=O)N(CC2(C3CC3)CC2)C1=O. The van der Waals surface area contributed by atoms with Crippen molar-refractivity contribution in [2.45, 2.75) is 39.5 Å². The van der Waals surface area contributed by atoms with E-state index < -0.39 is 17.4 Å². The van der Waals surface area contributed by atoms with Crippen molar-refractivity contribution in [2.75, 3.05) is 6.54 Å². The first-order chi connectivity index (χ1) is 8.37. The third-order valence-electron chi connectivity index (χ3n) is 4.62. The van der Waals surface area contributed by atoms with Crippen molar-refractivity contribution in [3.63, 3.8) is 0 Å². The lowest BCUT2D eigenvalue weighted by Gasteiger charge is -2.36. The topological polar surface area (TPSA) is 66.5 Å².